The van der Waals surface area contributed by atoms with Gasteiger partial charge in [0.1, 0.15) is 10.8 Å². The van der Waals surface area contributed by atoms with Gasteiger partial charge in [-0.1, -0.05) is 11.8 Å². The van der Waals surface area contributed by atoms with Gasteiger partial charge in [0, 0.05) is 31.7 Å². The van der Waals surface area contributed by atoms with Gasteiger partial charge < -0.3 is 20.4 Å². The van der Waals surface area contributed by atoms with Crippen LogP contribution in [0.1, 0.15) is 10.4 Å². The molecule has 0 aliphatic carbocycles. The van der Waals surface area contributed by atoms with Crippen LogP contribution in [0.25, 0.3) is 11.4 Å². The number of benzene rings is 1. The van der Waals surface area contributed by atoms with Crippen molar-refractivity contribution in [3.63, 3.8) is 0 Å². The van der Waals surface area contributed by atoms with E-state index in [1.807, 2.05) is 4.57 Å². The van der Waals surface area contributed by atoms with Gasteiger partial charge in [-0.15, -0.1) is 21.5 Å². The predicted octanol–water partition coefficient (Wildman–Crippen LogP) is 2.31. The molecule has 3 heterocycles. The lowest BCUT2D eigenvalue weighted by atomic mass is 10.2. The molecule has 0 bridgehead atoms. The van der Waals surface area contributed by atoms with Gasteiger partial charge in [0.2, 0.25) is 5.91 Å². The molecule has 174 valence electrons. The number of thioether (sulfide) groups is 1. The van der Waals surface area contributed by atoms with Crippen LogP contribution in [-0.4, -0.2) is 70.1 Å². The predicted molar refractivity (Wildman–Crippen MR) is 125 cm³/mol. The van der Waals surface area contributed by atoms with E-state index < -0.39 is 5.91 Å². The molecule has 0 spiro atoms. The minimum absolute atomic E-state index is 0.0786. The number of aromatic nitrogens is 3. The zero-order valence-electron chi connectivity index (χ0n) is 17.7. The van der Waals surface area contributed by atoms with Crippen LogP contribution in [-0.2, 0) is 16.1 Å². The molecule has 3 N–H and O–H groups in total. The van der Waals surface area contributed by atoms with Gasteiger partial charge in [0.05, 0.1) is 24.5 Å². The van der Waals surface area contributed by atoms with Gasteiger partial charge in [0.25, 0.3) is 5.91 Å². The van der Waals surface area contributed by atoms with E-state index in [4.69, 9.17) is 10.5 Å². The first-order valence-corrected chi connectivity index (χ1v) is 12.2. The van der Waals surface area contributed by atoms with Crippen molar-refractivity contribution in [2.45, 2.75) is 11.7 Å². The SMILES string of the molecule is NC(=O)c1ccsc1NC(=O)CSc1nnc(-c2ccc(F)cc2)n1CCN1CCOCC1. The summed E-state index contributed by atoms with van der Waals surface area (Å²) in [6, 6.07) is 7.66. The molecule has 0 atom stereocenters. The summed E-state index contributed by atoms with van der Waals surface area (Å²) in [4.78, 5) is 26.2. The lowest BCUT2D eigenvalue weighted by molar-refractivity contribution is -0.113. The monoisotopic (exact) mass is 490 g/mol. The van der Waals surface area contributed by atoms with Crippen molar-refractivity contribution in [2.75, 3.05) is 43.9 Å². The number of morpholine rings is 1. The third-order valence-corrected chi connectivity index (χ3v) is 6.88. The Morgan fingerprint density at radius 3 is 2.64 bits per heavy atom. The maximum atomic E-state index is 13.4. The van der Waals surface area contributed by atoms with E-state index in [2.05, 4.69) is 20.4 Å². The normalized spacial score (nSPS) is 14.3. The van der Waals surface area contributed by atoms with E-state index in [1.54, 1.807) is 23.6 Å². The number of primary amides is 1. The molecule has 3 aromatic rings. The second-order valence-corrected chi connectivity index (χ2v) is 9.14. The smallest absolute Gasteiger partial charge is 0.251 e. The largest absolute Gasteiger partial charge is 0.379 e. The number of carbonyl (C=O) groups excluding carboxylic acids is 2. The molecule has 1 aliphatic rings. The van der Waals surface area contributed by atoms with E-state index in [-0.39, 0.29) is 23.0 Å². The fourth-order valence-electron chi connectivity index (χ4n) is 3.37. The van der Waals surface area contributed by atoms with Crippen molar-refractivity contribution in [1.29, 1.82) is 0 Å². The molecule has 1 aliphatic heterocycles. The number of nitrogens with zero attached hydrogens (tertiary/aromatic N) is 4. The molecule has 4 rings (SSSR count). The van der Waals surface area contributed by atoms with Crippen LogP contribution < -0.4 is 11.1 Å². The molecule has 0 radical (unpaired) electrons. The number of amides is 2. The highest BCUT2D eigenvalue weighted by molar-refractivity contribution is 7.99. The lowest BCUT2D eigenvalue weighted by Crippen LogP contribution is -2.38. The van der Waals surface area contributed by atoms with Crippen molar-refractivity contribution in [1.82, 2.24) is 19.7 Å². The van der Waals surface area contributed by atoms with Crippen LogP contribution in [0, 0.1) is 5.82 Å². The van der Waals surface area contributed by atoms with Crippen LogP contribution in [0.3, 0.4) is 0 Å². The van der Waals surface area contributed by atoms with Crippen molar-refractivity contribution >= 4 is 39.9 Å². The Morgan fingerprint density at radius 1 is 1.15 bits per heavy atom. The third kappa shape index (κ3) is 5.96. The molecule has 1 aromatic carbocycles. The molecule has 9 nitrogen and oxygen atoms in total. The Kier molecular flexibility index (Phi) is 7.70. The number of anilines is 1. The van der Waals surface area contributed by atoms with Crippen molar-refractivity contribution < 1.29 is 18.7 Å². The average Bonchev–Trinajstić information content (AvgIpc) is 3.44. The molecule has 1 saturated heterocycles. The molecule has 12 heteroatoms. The number of carbonyl (C=O) groups is 2. The molecule has 0 saturated carbocycles. The summed E-state index contributed by atoms with van der Waals surface area (Å²) in [5, 5.41) is 14.0. The molecular formula is C21H23FN6O3S2. The second-order valence-electron chi connectivity index (χ2n) is 7.28. The van der Waals surface area contributed by atoms with Gasteiger partial charge in [-0.05, 0) is 35.7 Å². The highest BCUT2D eigenvalue weighted by Gasteiger charge is 2.19. The summed E-state index contributed by atoms with van der Waals surface area (Å²) in [6.45, 7) is 4.48. The minimum atomic E-state index is -0.592. The van der Waals surface area contributed by atoms with E-state index in [1.165, 1.54) is 35.2 Å². The Bertz CT molecular complexity index is 1110. The Hall–Kier alpha value is -2.80. The lowest BCUT2D eigenvalue weighted by Gasteiger charge is -2.27. The van der Waals surface area contributed by atoms with Crippen LogP contribution in [0.2, 0.25) is 0 Å². The standard InChI is InChI=1S/C21H23FN6O3S2/c22-15-3-1-14(2-4-15)19-25-26-21(28(19)7-6-27-8-10-31-11-9-27)33-13-17(29)24-20-16(18(23)30)5-12-32-20/h1-5,12H,6-11,13H2,(H2,23,30)(H,24,29). The van der Waals surface area contributed by atoms with Crippen LogP contribution in [0.15, 0.2) is 40.9 Å². The van der Waals surface area contributed by atoms with Gasteiger partial charge in [-0.2, -0.15) is 0 Å². The van der Waals surface area contributed by atoms with Gasteiger partial charge in [-0.25, -0.2) is 4.39 Å². The molecule has 33 heavy (non-hydrogen) atoms. The van der Waals surface area contributed by atoms with Crippen molar-refractivity contribution in [2.24, 2.45) is 5.73 Å². The van der Waals surface area contributed by atoms with Gasteiger partial charge in [-0.3, -0.25) is 14.5 Å². The maximum Gasteiger partial charge on any atom is 0.251 e. The summed E-state index contributed by atoms with van der Waals surface area (Å²) in [7, 11) is 0. The third-order valence-electron chi connectivity index (χ3n) is 5.08. The fraction of sp³-hybridized carbons (Fsp3) is 0.333. The average molecular weight is 491 g/mol. The second kappa shape index (κ2) is 10.9. The number of hydrogen-bond acceptors (Lipinski definition) is 8. The summed E-state index contributed by atoms with van der Waals surface area (Å²) >= 11 is 2.48. The van der Waals surface area contributed by atoms with Gasteiger partial charge in [0.15, 0.2) is 11.0 Å². The van der Waals surface area contributed by atoms with E-state index >= 15 is 0 Å². The van der Waals surface area contributed by atoms with Crippen molar-refractivity contribution in [3.8, 4) is 11.4 Å². The maximum absolute atomic E-state index is 13.4. The summed E-state index contributed by atoms with van der Waals surface area (Å²) in [5.74, 6) is -0.509. The number of hydrogen-bond donors (Lipinski definition) is 2. The number of rotatable bonds is 9. The van der Waals surface area contributed by atoms with E-state index in [0.29, 0.717) is 35.7 Å². The number of thiophene rings is 1. The highest BCUT2D eigenvalue weighted by atomic mass is 32.2. The van der Waals surface area contributed by atoms with Crippen LogP contribution in [0.4, 0.5) is 9.39 Å². The van der Waals surface area contributed by atoms with Crippen LogP contribution >= 0.6 is 23.1 Å². The Labute approximate surface area is 198 Å². The molecule has 2 amide bonds. The minimum Gasteiger partial charge on any atom is -0.379 e. The first-order valence-electron chi connectivity index (χ1n) is 10.3. The van der Waals surface area contributed by atoms with Gasteiger partial charge >= 0.3 is 0 Å². The zero-order valence-corrected chi connectivity index (χ0v) is 19.3. The summed E-state index contributed by atoms with van der Waals surface area (Å²) in [6.07, 6.45) is 0. The summed E-state index contributed by atoms with van der Waals surface area (Å²) in [5.41, 5.74) is 6.36. The topological polar surface area (TPSA) is 115 Å². The highest BCUT2D eigenvalue weighted by Crippen LogP contribution is 2.26. The number of halogens is 1. The molecule has 2 aromatic heterocycles. The van der Waals surface area contributed by atoms with Crippen LogP contribution in [0.5, 0.6) is 0 Å². The Balaban J connectivity index is 1.47. The fourth-order valence-corrected chi connectivity index (χ4v) is 4.94. The quantitative estimate of drug-likeness (QED) is 0.442. The Morgan fingerprint density at radius 2 is 1.91 bits per heavy atom. The zero-order chi connectivity index (χ0) is 23.2. The van der Waals surface area contributed by atoms with E-state index in [9.17, 15) is 14.0 Å². The molecule has 1 fully saturated rings. The number of nitrogens with two attached hydrogens (primary N) is 1. The first-order chi connectivity index (χ1) is 16.0. The van der Waals surface area contributed by atoms with E-state index in [0.717, 1.165) is 25.2 Å². The summed E-state index contributed by atoms with van der Waals surface area (Å²) < 4.78 is 20.8. The number of ether oxygens (including phenoxy) is 1. The molecular weight excluding hydrogens is 467 g/mol. The first kappa shape index (κ1) is 23.4. The molecule has 0 unspecified atom stereocenters. The van der Waals surface area contributed by atoms with Crippen molar-refractivity contribution in [3.05, 3.63) is 47.1 Å². The number of nitrogens with one attached hydrogen (secondary N) is 1.